The molecule has 0 N–H and O–H groups in total. The van der Waals surface area contributed by atoms with Crippen LogP contribution < -0.4 is 4.90 Å². The van der Waals surface area contributed by atoms with Gasteiger partial charge in [-0.1, -0.05) is 32.2 Å². The van der Waals surface area contributed by atoms with Gasteiger partial charge in [-0.2, -0.15) is 0 Å². The van der Waals surface area contributed by atoms with E-state index in [9.17, 15) is 0 Å². The fourth-order valence-corrected chi connectivity index (χ4v) is 3.54. The van der Waals surface area contributed by atoms with Gasteiger partial charge in [-0.3, -0.25) is 0 Å². The lowest BCUT2D eigenvalue weighted by Crippen LogP contribution is -2.12. The van der Waals surface area contributed by atoms with Gasteiger partial charge in [0, 0.05) is 40.8 Å². The van der Waals surface area contributed by atoms with Crippen molar-refractivity contribution >= 4 is 28.0 Å². The molecule has 2 heteroatoms. The third kappa shape index (κ3) is 2.18. The van der Waals surface area contributed by atoms with Gasteiger partial charge < -0.3 is 9.47 Å². The highest BCUT2D eigenvalue weighted by atomic mass is 15.2. The normalized spacial score (nSPS) is 13.6. The number of hydrogen-bond donors (Lipinski definition) is 0. The quantitative estimate of drug-likeness (QED) is 0.603. The molecule has 3 aromatic rings. The molecule has 1 aliphatic heterocycles. The lowest BCUT2D eigenvalue weighted by Gasteiger charge is -2.20. The molecule has 0 amide bonds. The van der Waals surface area contributed by atoms with Crippen molar-refractivity contribution in [2.24, 2.45) is 0 Å². The first-order chi connectivity index (χ1) is 11.6. The minimum Gasteiger partial charge on any atom is -0.337 e. The third-order valence-electron chi connectivity index (χ3n) is 4.94. The minimum atomic E-state index is 0.894. The number of nitrogens with zero attached hydrogens (tertiary/aromatic N) is 2. The van der Waals surface area contributed by atoms with E-state index in [1.54, 1.807) is 0 Å². The Morgan fingerprint density at radius 1 is 1.12 bits per heavy atom. The van der Waals surface area contributed by atoms with E-state index in [-0.39, 0.29) is 0 Å². The summed E-state index contributed by atoms with van der Waals surface area (Å²) in [5.74, 6) is 0. The van der Waals surface area contributed by atoms with Crippen LogP contribution in [0.4, 0.5) is 5.69 Å². The molecule has 0 bridgehead atoms. The van der Waals surface area contributed by atoms with Gasteiger partial charge >= 0.3 is 0 Å². The highest BCUT2D eigenvalue weighted by Gasteiger charge is 2.23. The monoisotopic (exact) mass is 314 g/mol. The van der Waals surface area contributed by atoms with Crippen molar-refractivity contribution < 1.29 is 0 Å². The molecule has 4 rings (SSSR count). The summed E-state index contributed by atoms with van der Waals surface area (Å²) < 4.78 is 2.13. The molecule has 0 spiro atoms. The van der Waals surface area contributed by atoms with Gasteiger partial charge in [0.2, 0.25) is 0 Å². The first kappa shape index (κ1) is 14.8. The maximum atomic E-state index is 4.35. The Morgan fingerprint density at radius 3 is 2.71 bits per heavy atom. The number of hydrogen-bond acceptors (Lipinski definition) is 1. The molecule has 0 unspecified atom stereocenters. The maximum Gasteiger partial charge on any atom is 0.0526 e. The topological polar surface area (TPSA) is 8.17 Å². The Bertz CT molecular complexity index is 975. The zero-order chi connectivity index (χ0) is 16.8. The van der Waals surface area contributed by atoms with E-state index in [1.807, 2.05) is 6.92 Å². The van der Waals surface area contributed by atoms with Crippen LogP contribution >= 0.6 is 0 Å². The number of aryl methyl sites for hydroxylation is 1. The number of anilines is 1. The molecule has 24 heavy (non-hydrogen) atoms. The molecular formula is C22H22N2. The van der Waals surface area contributed by atoms with Crippen LogP contribution in [-0.4, -0.2) is 4.57 Å². The van der Waals surface area contributed by atoms with E-state index in [0.717, 1.165) is 24.4 Å². The van der Waals surface area contributed by atoms with Gasteiger partial charge in [-0.05, 0) is 54.8 Å². The summed E-state index contributed by atoms with van der Waals surface area (Å²) in [7, 11) is 0. The van der Waals surface area contributed by atoms with Crippen LogP contribution in [0.5, 0.6) is 0 Å². The SMILES string of the molecule is C=C1c2cc(CC)ccc2CN1c1ccc2c(ccn2C(=C)C)c1. The van der Waals surface area contributed by atoms with Gasteiger partial charge in [0.25, 0.3) is 0 Å². The molecule has 2 heterocycles. The summed E-state index contributed by atoms with van der Waals surface area (Å²) in [6, 6.07) is 15.5. The molecule has 0 aliphatic carbocycles. The Labute approximate surface area is 143 Å². The van der Waals surface area contributed by atoms with Crippen LogP contribution in [0.25, 0.3) is 22.3 Å². The molecule has 0 radical (unpaired) electrons. The van der Waals surface area contributed by atoms with Crippen molar-refractivity contribution in [1.29, 1.82) is 0 Å². The van der Waals surface area contributed by atoms with Crippen LogP contribution in [0.15, 0.2) is 61.8 Å². The number of allylic oxidation sites excluding steroid dienone is 1. The Morgan fingerprint density at radius 2 is 1.96 bits per heavy atom. The molecule has 0 fully saturated rings. The van der Waals surface area contributed by atoms with E-state index >= 15 is 0 Å². The van der Waals surface area contributed by atoms with E-state index < -0.39 is 0 Å². The third-order valence-corrected chi connectivity index (χ3v) is 4.94. The largest absolute Gasteiger partial charge is 0.337 e. The van der Waals surface area contributed by atoms with Crippen LogP contribution in [0.3, 0.4) is 0 Å². The smallest absolute Gasteiger partial charge is 0.0526 e. The zero-order valence-corrected chi connectivity index (χ0v) is 14.3. The van der Waals surface area contributed by atoms with Crippen LogP contribution in [0.2, 0.25) is 0 Å². The summed E-state index contributed by atoms with van der Waals surface area (Å²) in [6.07, 6.45) is 3.14. The van der Waals surface area contributed by atoms with Crippen molar-refractivity contribution in [1.82, 2.24) is 4.57 Å². The first-order valence-electron chi connectivity index (χ1n) is 8.44. The molecule has 0 saturated carbocycles. The van der Waals surface area contributed by atoms with Crippen molar-refractivity contribution in [2.75, 3.05) is 4.90 Å². The second kappa shape index (κ2) is 5.41. The Kier molecular flexibility index (Phi) is 3.34. The van der Waals surface area contributed by atoms with Crippen molar-refractivity contribution in [3.63, 3.8) is 0 Å². The Balaban J connectivity index is 1.73. The van der Waals surface area contributed by atoms with Gasteiger partial charge in [0.1, 0.15) is 0 Å². The lowest BCUT2D eigenvalue weighted by atomic mass is 10.0. The average molecular weight is 314 g/mol. The fraction of sp³-hybridized carbons (Fsp3) is 0.182. The molecule has 1 aliphatic rings. The zero-order valence-electron chi connectivity index (χ0n) is 14.3. The first-order valence-corrected chi connectivity index (χ1v) is 8.44. The van der Waals surface area contributed by atoms with Crippen molar-refractivity contribution in [2.45, 2.75) is 26.8 Å². The average Bonchev–Trinajstić information content (AvgIpc) is 3.15. The summed E-state index contributed by atoms with van der Waals surface area (Å²) >= 11 is 0. The Hall–Kier alpha value is -2.74. The van der Waals surface area contributed by atoms with E-state index in [1.165, 1.54) is 33.3 Å². The summed E-state index contributed by atoms with van der Waals surface area (Å²) in [5, 5.41) is 1.23. The molecule has 120 valence electrons. The predicted octanol–water partition coefficient (Wildman–Crippen LogP) is 5.69. The van der Waals surface area contributed by atoms with Gasteiger partial charge in [-0.25, -0.2) is 0 Å². The predicted molar refractivity (Wildman–Crippen MR) is 104 cm³/mol. The fourth-order valence-electron chi connectivity index (χ4n) is 3.54. The highest BCUT2D eigenvalue weighted by Crippen LogP contribution is 2.37. The molecule has 1 aromatic heterocycles. The van der Waals surface area contributed by atoms with Gasteiger partial charge in [0.05, 0.1) is 5.52 Å². The summed E-state index contributed by atoms with van der Waals surface area (Å²) in [6.45, 7) is 13.5. The number of rotatable bonds is 3. The number of fused-ring (bicyclic) bond motifs is 2. The van der Waals surface area contributed by atoms with E-state index in [4.69, 9.17) is 0 Å². The van der Waals surface area contributed by atoms with Crippen LogP contribution in [0.1, 0.15) is 30.5 Å². The van der Waals surface area contributed by atoms with Gasteiger partial charge in [-0.15, -0.1) is 0 Å². The number of benzene rings is 2. The standard InChI is InChI=1S/C22H22N2/c1-5-17-6-7-19-14-24(16(4)21(19)12-17)20-8-9-22-18(13-20)10-11-23(22)15(2)3/h6-13H,2,4-5,14H2,1,3H3. The van der Waals surface area contributed by atoms with Crippen LogP contribution in [-0.2, 0) is 13.0 Å². The van der Waals surface area contributed by atoms with Crippen molar-refractivity contribution in [3.8, 4) is 0 Å². The van der Waals surface area contributed by atoms with Crippen LogP contribution in [0, 0.1) is 0 Å². The summed E-state index contributed by atoms with van der Waals surface area (Å²) in [4.78, 5) is 2.31. The summed E-state index contributed by atoms with van der Waals surface area (Å²) in [5.41, 5.74) is 8.53. The van der Waals surface area contributed by atoms with Gasteiger partial charge in [0.15, 0.2) is 0 Å². The highest BCUT2D eigenvalue weighted by molar-refractivity contribution is 5.91. The second-order valence-corrected chi connectivity index (χ2v) is 6.54. The van der Waals surface area contributed by atoms with E-state index in [2.05, 4.69) is 78.2 Å². The molecular weight excluding hydrogens is 292 g/mol. The lowest BCUT2D eigenvalue weighted by molar-refractivity contribution is 1.04. The number of aromatic nitrogens is 1. The molecule has 0 atom stereocenters. The molecule has 2 aromatic carbocycles. The minimum absolute atomic E-state index is 0.894. The van der Waals surface area contributed by atoms with Crippen molar-refractivity contribution in [3.05, 3.63) is 78.5 Å². The second-order valence-electron chi connectivity index (χ2n) is 6.54. The molecule has 0 saturated heterocycles. The maximum absolute atomic E-state index is 4.35. The molecule has 2 nitrogen and oxygen atoms in total. The van der Waals surface area contributed by atoms with E-state index in [0.29, 0.717) is 0 Å².